The average Bonchev–Trinajstić information content (AvgIpc) is 3.18. The number of cyclic esters (lactones) is 1. The van der Waals surface area contributed by atoms with Crippen LogP contribution in [0.5, 0.6) is 11.5 Å². The van der Waals surface area contributed by atoms with Crippen molar-refractivity contribution in [1.29, 1.82) is 0 Å². The van der Waals surface area contributed by atoms with Gasteiger partial charge in [0.1, 0.15) is 6.10 Å². The molecule has 4 rings (SSSR count). The Morgan fingerprint density at radius 1 is 1.03 bits per heavy atom. The number of rotatable bonds is 8. The van der Waals surface area contributed by atoms with Gasteiger partial charge in [-0.2, -0.15) is 0 Å². The summed E-state index contributed by atoms with van der Waals surface area (Å²) in [5, 5.41) is 0. The summed E-state index contributed by atoms with van der Waals surface area (Å²) in [4.78, 5) is 16.7. The Balaban J connectivity index is 1.29. The minimum absolute atomic E-state index is 0.0879. The number of carbonyl (C=O) groups excluding carboxylic acids is 1. The molecule has 2 heterocycles. The molecule has 2 aromatic rings. The maximum Gasteiger partial charge on any atom is 0.414 e. The highest BCUT2D eigenvalue weighted by Gasteiger charge is 2.33. The van der Waals surface area contributed by atoms with Crippen LogP contribution in [0.3, 0.4) is 0 Å². The summed E-state index contributed by atoms with van der Waals surface area (Å²) < 4.78 is 16.3. The van der Waals surface area contributed by atoms with Gasteiger partial charge in [-0.25, -0.2) is 4.79 Å². The number of methoxy groups -OCH3 is 2. The molecule has 0 spiro atoms. The smallest absolute Gasteiger partial charge is 0.414 e. The van der Waals surface area contributed by atoms with Crippen molar-refractivity contribution >= 4 is 11.8 Å². The van der Waals surface area contributed by atoms with E-state index in [1.807, 2.05) is 18.2 Å². The van der Waals surface area contributed by atoms with Crippen molar-refractivity contribution in [2.75, 3.05) is 45.3 Å². The highest BCUT2D eigenvalue weighted by molar-refractivity contribution is 5.90. The van der Waals surface area contributed by atoms with Crippen molar-refractivity contribution in [3.05, 3.63) is 54.1 Å². The molecular formula is C25H32N2O4. The molecule has 2 aliphatic rings. The minimum Gasteiger partial charge on any atom is -0.493 e. The van der Waals surface area contributed by atoms with E-state index in [9.17, 15) is 4.79 Å². The fraction of sp³-hybridized carbons (Fsp3) is 0.480. The molecule has 0 aliphatic carbocycles. The molecule has 0 radical (unpaired) electrons. The standard InChI is InChI=1S/C25H32N2O4/c1-29-23-11-10-21(16-24(23)30-2)27-18-22(31-25(27)28)12-14-26-13-6-9-20(17-26)15-19-7-4-3-5-8-19/h3-5,7-8,10-11,16,20,22H,6,9,12-15,17-18H2,1-2H3. The number of benzene rings is 2. The third-order valence-electron chi connectivity index (χ3n) is 6.29. The number of anilines is 1. The Kier molecular flexibility index (Phi) is 6.97. The number of piperidine rings is 1. The third kappa shape index (κ3) is 5.31. The van der Waals surface area contributed by atoms with E-state index < -0.39 is 0 Å². The molecule has 31 heavy (non-hydrogen) atoms. The molecule has 0 aromatic heterocycles. The maximum absolute atomic E-state index is 12.5. The molecule has 2 aliphatic heterocycles. The van der Waals surface area contributed by atoms with Crippen LogP contribution in [0.2, 0.25) is 0 Å². The lowest BCUT2D eigenvalue weighted by atomic mass is 9.91. The zero-order chi connectivity index (χ0) is 21.6. The second-order valence-electron chi connectivity index (χ2n) is 8.44. The highest BCUT2D eigenvalue weighted by atomic mass is 16.6. The van der Waals surface area contributed by atoms with Gasteiger partial charge in [0, 0.05) is 19.2 Å². The Morgan fingerprint density at radius 2 is 1.84 bits per heavy atom. The first-order valence-corrected chi connectivity index (χ1v) is 11.1. The first kappa shape index (κ1) is 21.5. The maximum atomic E-state index is 12.5. The first-order chi connectivity index (χ1) is 15.2. The SMILES string of the molecule is COc1ccc(N2CC(CCN3CCCC(Cc4ccccc4)C3)OC2=O)cc1OC. The zero-order valence-electron chi connectivity index (χ0n) is 18.5. The fourth-order valence-electron chi connectivity index (χ4n) is 4.67. The lowest BCUT2D eigenvalue weighted by Crippen LogP contribution is -2.38. The van der Waals surface area contributed by atoms with E-state index in [4.69, 9.17) is 14.2 Å². The number of amides is 1. The molecule has 2 saturated heterocycles. The van der Waals surface area contributed by atoms with Crippen LogP contribution in [0.15, 0.2) is 48.5 Å². The van der Waals surface area contributed by atoms with Gasteiger partial charge < -0.3 is 19.1 Å². The van der Waals surface area contributed by atoms with Gasteiger partial charge in [0.05, 0.1) is 26.5 Å². The van der Waals surface area contributed by atoms with E-state index in [1.54, 1.807) is 19.1 Å². The monoisotopic (exact) mass is 424 g/mol. The fourth-order valence-corrected chi connectivity index (χ4v) is 4.67. The quantitative estimate of drug-likeness (QED) is 0.630. The molecule has 2 atom stereocenters. The molecule has 0 bridgehead atoms. The lowest BCUT2D eigenvalue weighted by Gasteiger charge is -2.33. The van der Waals surface area contributed by atoms with E-state index in [2.05, 4.69) is 35.2 Å². The second kappa shape index (κ2) is 10.1. The summed E-state index contributed by atoms with van der Waals surface area (Å²) in [5.41, 5.74) is 2.19. The number of carbonyl (C=O) groups is 1. The Labute approximate surface area is 184 Å². The number of hydrogen-bond donors (Lipinski definition) is 0. The van der Waals surface area contributed by atoms with Crippen LogP contribution in [-0.4, -0.2) is 57.5 Å². The van der Waals surface area contributed by atoms with Crippen LogP contribution in [-0.2, 0) is 11.2 Å². The molecule has 0 N–H and O–H groups in total. The molecule has 0 saturated carbocycles. The molecule has 2 aromatic carbocycles. The van der Waals surface area contributed by atoms with Crippen molar-refractivity contribution in [3.8, 4) is 11.5 Å². The van der Waals surface area contributed by atoms with Crippen LogP contribution in [0.25, 0.3) is 0 Å². The molecule has 2 fully saturated rings. The number of nitrogens with zero attached hydrogens (tertiary/aromatic N) is 2. The number of ether oxygens (including phenoxy) is 3. The van der Waals surface area contributed by atoms with Gasteiger partial charge in [0.25, 0.3) is 0 Å². The Morgan fingerprint density at radius 3 is 2.61 bits per heavy atom. The van der Waals surface area contributed by atoms with Gasteiger partial charge >= 0.3 is 6.09 Å². The van der Waals surface area contributed by atoms with Gasteiger partial charge in [-0.1, -0.05) is 30.3 Å². The summed E-state index contributed by atoms with van der Waals surface area (Å²) in [6.45, 7) is 3.78. The molecule has 1 amide bonds. The predicted molar refractivity (Wildman–Crippen MR) is 121 cm³/mol. The van der Waals surface area contributed by atoms with E-state index in [0.29, 0.717) is 24.0 Å². The van der Waals surface area contributed by atoms with Crippen LogP contribution >= 0.6 is 0 Å². The summed E-state index contributed by atoms with van der Waals surface area (Å²) in [6, 6.07) is 16.3. The number of likely N-dealkylation sites (tertiary alicyclic amines) is 1. The number of hydrogen-bond acceptors (Lipinski definition) is 5. The van der Waals surface area contributed by atoms with Gasteiger partial charge in [0.2, 0.25) is 0 Å². The summed E-state index contributed by atoms with van der Waals surface area (Å²) in [6.07, 6.45) is 4.14. The van der Waals surface area contributed by atoms with Crippen LogP contribution in [0, 0.1) is 5.92 Å². The third-order valence-corrected chi connectivity index (χ3v) is 6.29. The topological polar surface area (TPSA) is 51.2 Å². The second-order valence-corrected chi connectivity index (χ2v) is 8.44. The van der Waals surface area contributed by atoms with Gasteiger partial charge in [-0.15, -0.1) is 0 Å². The summed E-state index contributed by atoms with van der Waals surface area (Å²) in [7, 11) is 3.19. The van der Waals surface area contributed by atoms with Crippen LogP contribution < -0.4 is 14.4 Å². The summed E-state index contributed by atoms with van der Waals surface area (Å²) >= 11 is 0. The van der Waals surface area contributed by atoms with E-state index >= 15 is 0 Å². The van der Waals surface area contributed by atoms with Crippen molar-refractivity contribution in [2.24, 2.45) is 5.92 Å². The predicted octanol–water partition coefficient (Wildman–Crippen LogP) is 4.37. The molecule has 6 heteroatoms. The van der Waals surface area contributed by atoms with E-state index in [1.165, 1.54) is 18.4 Å². The van der Waals surface area contributed by atoms with Gasteiger partial charge in [0.15, 0.2) is 11.5 Å². The summed E-state index contributed by atoms with van der Waals surface area (Å²) in [5.74, 6) is 1.95. The lowest BCUT2D eigenvalue weighted by molar-refractivity contribution is 0.113. The molecule has 2 unspecified atom stereocenters. The Bertz CT molecular complexity index is 873. The van der Waals surface area contributed by atoms with E-state index in [0.717, 1.165) is 38.2 Å². The molecular weight excluding hydrogens is 392 g/mol. The van der Waals surface area contributed by atoms with Crippen molar-refractivity contribution in [1.82, 2.24) is 4.90 Å². The molecule has 6 nitrogen and oxygen atoms in total. The van der Waals surface area contributed by atoms with Gasteiger partial charge in [-0.3, -0.25) is 4.90 Å². The van der Waals surface area contributed by atoms with Crippen LogP contribution in [0.1, 0.15) is 24.8 Å². The van der Waals surface area contributed by atoms with E-state index in [-0.39, 0.29) is 12.2 Å². The average molecular weight is 425 g/mol. The largest absolute Gasteiger partial charge is 0.493 e. The van der Waals surface area contributed by atoms with Gasteiger partial charge in [-0.05, 0) is 55.8 Å². The minimum atomic E-state index is -0.294. The van der Waals surface area contributed by atoms with Crippen molar-refractivity contribution < 1.29 is 19.0 Å². The van der Waals surface area contributed by atoms with Crippen molar-refractivity contribution in [2.45, 2.75) is 31.8 Å². The van der Waals surface area contributed by atoms with Crippen molar-refractivity contribution in [3.63, 3.8) is 0 Å². The zero-order valence-corrected chi connectivity index (χ0v) is 18.5. The van der Waals surface area contributed by atoms with Crippen LogP contribution in [0.4, 0.5) is 10.5 Å². The molecule has 166 valence electrons. The highest BCUT2D eigenvalue weighted by Crippen LogP contribution is 2.33. The first-order valence-electron chi connectivity index (χ1n) is 11.1. The Hall–Kier alpha value is -2.73. The normalized spacial score (nSPS) is 21.7.